The van der Waals surface area contributed by atoms with Gasteiger partial charge in [-0.05, 0) is 0 Å². The first-order valence-corrected chi connectivity index (χ1v) is 6.79. The summed E-state index contributed by atoms with van der Waals surface area (Å²) in [4.78, 5) is 17.7. The van der Waals surface area contributed by atoms with Gasteiger partial charge in [-0.1, -0.05) is 6.92 Å². The molecule has 2 unspecified atom stereocenters. The molecule has 0 aliphatic carbocycles. The SMILES string of the molecule is CC1SCCSC1c1ncc(C(=O)O)[nH]1. The van der Waals surface area contributed by atoms with Gasteiger partial charge in [-0.3, -0.25) is 0 Å². The average molecular weight is 244 g/mol. The average Bonchev–Trinajstić information content (AvgIpc) is 2.67. The summed E-state index contributed by atoms with van der Waals surface area (Å²) < 4.78 is 0. The fourth-order valence-corrected chi connectivity index (χ4v) is 4.24. The summed E-state index contributed by atoms with van der Waals surface area (Å²) in [5, 5.41) is 9.55. The summed E-state index contributed by atoms with van der Waals surface area (Å²) >= 11 is 3.75. The zero-order valence-corrected chi connectivity index (χ0v) is 9.90. The summed E-state index contributed by atoms with van der Waals surface area (Å²) in [5.41, 5.74) is 0.174. The number of carboxylic acids is 1. The van der Waals surface area contributed by atoms with Gasteiger partial charge in [-0.15, -0.1) is 11.8 Å². The first-order chi connectivity index (χ1) is 7.18. The zero-order valence-electron chi connectivity index (χ0n) is 8.27. The number of aromatic carboxylic acids is 1. The van der Waals surface area contributed by atoms with E-state index in [-0.39, 0.29) is 10.9 Å². The molecular weight excluding hydrogens is 232 g/mol. The van der Waals surface area contributed by atoms with Crippen LogP contribution in [-0.2, 0) is 0 Å². The molecule has 2 heterocycles. The molecule has 0 amide bonds. The number of carbonyl (C=O) groups is 1. The first kappa shape index (κ1) is 10.9. The third-order valence-electron chi connectivity index (χ3n) is 2.28. The van der Waals surface area contributed by atoms with Gasteiger partial charge in [0.1, 0.15) is 11.5 Å². The summed E-state index contributed by atoms with van der Waals surface area (Å²) in [6.45, 7) is 2.16. The maximum atomic E-state index is 10.7. The van der Waals surface area contributed by atoms with Crippen LogP contribution >= 0.6 is 23.5 Å². The second kappa shape index (κ2) is 4.49. The largest absolute Gasteiger partial charge is 0.477 e. The third-order valence-corrected chi connectivity index (χ3v) is 5.38. The van der Waals surface area contributed by atoms with E-state index in [1.165, 1.54) is 6.20 Å². The third kappa shape index (κ3) is 2.31. The molecular formula is C9H12N2O2S2. The minimum atomic E-state index is -0.949. The van der Waals surface area contributed by atoms with E-state index in [1.807, 2.05) is 23.5 Å². The number of hydrogen-bond donors (Lipinski definition) is 2. The van der Waals surface area contributed by atoms with E-state index in [1.54, 1.807) is 0 Å². The molecule has 15 heavy (non-hydrogen) atoms. The Bertz CT molecular complexity index is 367. The van der Waals surface area contributed by atoms with E-state index < -0.39 is 5.97 Å². The van der Waals surface area contributed by atoms with Crippen LogP contribution in [0, 0.1) is 0 Å². The summed E-state index contributed by atoms with van der Waals surface area (Å²) in [7, 11) is 0. The number of H-pyrrole nitrogens is 1. The number of nitrogens with one attached hydrogen (secondary N) is 1. The van der Waals surface area contributed by atoms with Gasteiger partial charge in [0.15, 0.2) is 0 Å². The maximum Gasteiger partial charge on any atom is 0.353 e. The van der Waals surface area contributed by atoms with Crippen LogP contribution in [0.15, 0.2) is 6.20 Å². The minimum absolute atomic E-state index is 0.174. The number of carboxylic acid groups (broad SMARTS) is 1. The molecule has 1 aliphatic rings. The van der Waals surface area contributed by atoms with E-state index >= 15 is 0 Å². The Balaban J connectivity index is 2.17. The number of thioether (sulfide) groups is 2. The number of nitrogens with zero attached hydrogens (tertiary/aromatic N) is 1. The smallest absolute Gasteiger partial charge is 0.353 e. The van der Waals surface area contributed by atoms with Crippen molar-refractivity contribution in [3.8, 4) is 0 Å². The highest BCUT2D eigenvalue weighted by molar-refractivity contribution is 8.06. The highest BCUT2D eigenvalue weighted by Crippen LogP contribution is 2.40. The second-order valence-electron chi connectivity index (χ2n) is 3.35. The minimum Gasteiger partial charge on any atom is -0.477 e. The van der Waals surface area contributed by atoms with Crippen molar-refractivity contribution in [3.63, 3.8) is 0 Å². The second-order valence-corrected chi connectivity index (χ2v) is 6.09. The molecule has 0 radical (unpaired) electrons. The molecule has 0 aromatic carbocycles. The Labute approximate surface area is 96.2 Å². The Morgan fingerprint density at radius 2 is 2.33 bits per heavy atom. The fraction of sp³-hybridized carbons (Fsp3) is 0.556. The van der Waals surface area contributed by atoms with E-state index in [0.29, 0.717) is 5.25 Å². The molecule has 1 fully saturated rings. The van der Waals surface area contributed by atoms with Crippen LogP contribution in [0.25, 0.3) is 0 Å². The molecule has 6 heteroatoms. The van der Waals surface area contributed by atoms with Gasteiger partial charge in [0.25, 0.3) is 0 Å². The van der Waals surface area contributed by atoms with Crippen LogP contribution in [0.2, 0.25) is 0 Å². The Hall–Kier alpha value is -0.620. The van der Waals surface area contributed by atoms with Crippen LogP contribution in [0.1, 0.15) is 28.5 Å². The highest BCUT2D eigenvalue weighted by atomic mass is 32.2. The molecule has 1 saturated heterocycles. The molecule has 1 aliphatic heterocycles. The topological polar surface area (TPSA) is 66.0 Å². The van der Waals surface area contributed by atoms with Crippen molar-refractivity contribution in [2.24, 2.45) is 0 Å². The monoisotopic (exact) mass is 244 g/mol. The van der Waals surface area contributed by atoms with Gasteiger partial charge in [-0.2, -0.15) is 11.8 Å². The van der Waals surface area contributed by atoms with Crippen LogP contribution in [0.5, 0.6) is 0 Å². The number of rotatable bonds is 2. The standard InChI is InChI=1S/C9H12N2O2S2/c1-5-7(15-3-2-14-5)8-10-4-6(11-8)9(12)13/h4-5,7H,2-3H2,1H3,(H,10,11)(H,12,13). The van der Waals surface area contributed by atoms with Gasteiger partial charge >= 0.3 is 5.97 Å². The van der Waals surface area contributed by atoms with Gasteiger partial charge in [-0.25, -0.2) is 9.78 Å². The lowest BCUT2D eigenvalue weighted by molar-refractivity contribution is 0.0691. The van der Waals surface area contributed by atoms with Crippen molar-refractivity contribution in [2.45, 2.75) is 17.4 Å². The van der Waals surface area contributed by atoms with E-state index in [9.17, 15) is 4.79 Å². The van der Waals surface area contributed by atoms with Crippen molar-refractivity contribution in [3.05, 3.63) is 17.7 Å². The Kier molecular flexibility index (Phi) is 3.25. The predicted octanol–water partition coefficient (Wildman–Crippen LogP) is 2.02. The number of aromatic amines is 1. The summed E-state index contributed by atoms with van der Waals surface area (Å²) in [5.74, 6) is 2.10. The molecule has 1 aromatic heterocycles. The lowest BCUT2D eigenvalue weighted by Gasteiger charge is -2.25. The van der Waals surface area contributed by atoms with Crippen molar-refractivity contribution in [2.75, 3.05) is 11.5 Å². The van der Waals surface area contributed by atoms with E-state index in [2.05, 4.69) is 16.9 Å². The van der Waals surface area contributed by atoms with Gasteiger partial charge in [0.05, 0.1) is 11.4 Å². The first-order valence-electron chi connectivity index (χ1n) is 4.70. The van der Waals surface area contributed by atoms with Crippen molar-refractivity contribution in [1.29, 1.82) is 0 Å². The van der Waals surface area contributed by atoms with E-state index in [0.717, 1.165) is 17.3 Å². The lowest BCUT2D eigenvalue weighted by Crippen LogP contribution is -2.17. The molecule has 2 N–H and O–H groups in total. The molecule has 2 atom stereocenters. The number of hydrogen-bond acceptors (Lipinski definition) is 4. The number of imidazole rings is 1. The zero-order chi connectivity index (χ0) is 10.8. The fourth-order valence-electron chi connectivity index (χ4n) is 1.52. The molecule has 0 spiro atoms. The van der Waals surface area contributed by atoms with Gasteiger partial charge in [0.2, 0.25) is 0 Å². The Morgan fingerprint density at radius 3 is 2.93 bits per heavy atom. The van der Waals surface area contributed by atoms with Gasteiger partial charge < -0.3 is 10.1 Å². The van der Waals surface area contributed by atoms with Crippen LogP contribution in [0.4, 0.5) is 0 Å². The molecule has 1 aromatic rings. The van der Waals surface area contributed by atoms with Crippen LogP contribution in [0.3, 0.4) is 0 Å². The van der Waals surface area contributed by atoms with Crippen molar-refractivity contribution < 1.29 is 9.90 Å². The predicted molar refractivity (Wildman–Crippen MR) is 62.7 cm³/mol. The normalized spacial score (nSPS) is 26.5. The van der Waals surface area contributed by atoms with Crippen LogP contribution < -0.4 is 0 Å². The Morgan fingerprint density at radius 1 is 1.60 bits per heavy atom. The highest BCUT2D eigenvalue weighted by Gasteiger charge is 2.26. The summed E-state index contributed by atoms with van der Waals surface area (Å²) in [6.07, 6.45) is 1.39. The molecule has 2 rings (SSSR count). The van der Waals surface area contributed by atoms with Crippen LogP contribution in [-0.4, -0.2) is 37.8 Å². The quantitative estimate of drug-likeness (QED) is 0.833. The molecule has 0 saturated carbocycles. The summed E-state index contributed by atoms with van der Waals surface area (Å²) in [6, 6.07) is 0. The molecule has 82 valence electrons. The van der Waals surface area contributed by atoms with Crippen molar-refractivity contribution in [1.82, 2.24) is 9.97 Å². The van der Waals surface area contributed by atoms with E-state index in [4.69, 9.17) is 5.11 Å². The molecule has 4 nitrogen and oxygen atoms in total. The lowest BCUT2D eigenvalue weighted by atomic mass is 10.3. The van der Waals surface area contributed by atoms with Crippen molar-refractivity contribution >= 4 is 29.5 Å². The molecule has 0 bridgehead atoms. The van der Waals surface area contributed by atoms with Gasteiger partial charge in [0, 0.05) is 16.8 Å². The maximum absolute atomic E-state index is 10.7. The number of aromatic nitrogens is 2.